The second-order valence-corrected chi connectivity index (χ2v) is 4.36. The lowest BCUT2D eigenvalue weighted by Gasteiger charge is -2.06. The lowest BCUT2D eigenvalue weighted by atomic mass is 10.1. The molecule has 1 heterocycles. The summed E-state index contributed by atoms with van der Waals surface area (Å²) >= 11 is 0. The number of carboxylic acid groups (broad SMARTS) is 1. The SMILES string of the molecule is Cc1cccc(Cn2nc(C(F)(F)F)cc2C(=O)O)c1. The van der Waals surface area contributed by atoms with E-state index in [0.29, 0.717) is 11.6 Å². The van der Waals surface area contributed by atoms with E-state index in [2.05, 4.69) is 5.10 Å². The number of benzene rings is 1. The second kappa shape index (κ2) is 4.99. The van der Waals surface area contributed by atoms with Gasteiger partial charge in [-0.3, -0.25) is 4.68 Å². The Morgan fingerprint density at radius 2 is 2.05 bits per heavy atom. The first-order valence-corrected chi connectivity index (χ1v) is 5.71. The summed E-state index contributed by atoms with van der Waals surface area (Å²) in [6.45, 7) is 1.81. The van der Waals surface area contributed by atoms with E-state index in [-0.39, 0.29) is 6.54 Å². The van der Waals surface area contributed by atoms with Crippen LogP contribution in [0.5, 0.6) is 0 Å². The minimum atomic E-state index is -4.66. The van der Waals surface area contributed by atoms with Crippen molar-refractivity contribution < 1.29 is 23.1 Å². The normalized spacial score (nSPS) is 11.6. The summed E-state index contributed by atoms with van der Waals surface area (Å²) < 4.78 is 38.6. The summed E-state index contributed by atoms with van der Waals surface area (Å²) in [6, 6.07) is 7.59. The predicted octanol–water partition coefficient (Wildman–Crippen LogP) is 2.96. The van der Waals surface area contributed by atoms with Crippen LogP contribution in [0.3, 0.4) is 0 Å². The third-order valence-corrected chi connectivity index (χ3v) is 2.70. The van der Waals surface area contributed by atoms with Gasteiger partial charge in [-0.2, -0.15) is 18.3 Å². The van der Waals surface area contributed by atoms with E-state index in [9.17, 15) is 18.0 Å². The van der Waals surface area contributed by atoms with Crippen LogP contribution in [-0.2, 0) is 12.7 Å². The maximum Gasteiger partial charge on any atom is 0.435 e. The first-order valence-electron chi connectivity index (χ1n) is 5.71. The summed E-state index contributed by atoms with van der Waals surface area (Å²) in [7, 11) is 0. The van der Waals surface area contributed by atoms with Gasteiger partial charge in [-0.15, -0.1) is 0 Å². The van der Waals surface area contributed by atoms with E-state index in [0.717, 1.165) is 10.2 Å². The fraction of sp³-hybridized carbons (Fsp3) is 0.231. The minimum Gasteiger partial charge on any atom is -0.477 e. The molecule has 0 radical (unpaired) electrons. The molecule has 0 aliphatic rings. The Kier molecular flexibility index (Phi) is 3.52. The molecule has 2 rings (SSSR count). The Balaban J connectivity index is 2.40. The summed E-state index contributed by atoms with van der Waals surface area (Å²) in [5.41, 5.74) is -0.0757. The summed E-state index contributed by atoms with van der Waals surface area (Å²) in [5.74, 6) is -1.44. The van der Waals surface area contributed by atoms with Crippen LogP contribution in [0.15, 0.2) is 30.3 Å². The zero-order valence-corrected chi connectivity index (χ0v) is 10.5. The second-order valence-electron chi connectivity index (χ2n) is 4.36. The molecule has 106 valence electrons. The van der Waals surface area contributed by atoms with Crippen LogP contribution in [0.1, 0.15) is 27.3 Å². The lowest BCUT2D eigenvalue weighted by molar-refractivity contribution is -0.141. The fourth-order valence-electron chi connectivity index (χ4n) is 1.83. The van der Waals surface area contributed by atoms with Crippen LogP contribution >= 0.6 is 0 Å². The predicted molar refractivity (Wildman–Crippen MR) is 64.5 cm³/mol. The highest BCUT2D eigenvalue weighted by atomic mass is 19.4. The standard InChI is InChI=1S/C13H11F3N2O2/c1-8-3-2-4-9(5-8)7-18-10(12(19)20)6-11(17-18)13(14,15)16/h2-6H,7H2,1H3,(H,19,20). The highest BCUT2D eigenvalue weighted by molar-refractivity contribution is 5.85. The molecule has 0 amide bonds. The van der Waals surface area contributed by atoms with Crippen molar-refractivity contribution in [3.63, 3.8) is 0 Å². The third kappa shape index (κ3) is 2.98. The highest BCUT2D eigenvalue weighted by Gasteiger charge is 2.35. The lowest BCUT2D eigenvalue weighted by Crippen LogP contribution is -2.12. The molecule has 0 aliphatic heterocycles. The monoisotopic (exact) mass is 284 g/mol. The molecular weight excluding hydrogens is 273 g/mol. The molecule has 20 heavy (non-hydrogen) atoms. The Bertz CT molecular complexity index is 647. The van der Waals surface area contributed by atoms with Crippen molar-refractivity contribution in [1.29, 1.82) is 0 Å². The van der Waals surface area contributed by atoms with Gasteiger partial charge in [0, 0.05) is 6.07 Å². The number of alkyl halides is 3. The van der Waals surface area contributed by atoms with Crippen LogP contribution in [0.4, 0.5) is 13.2 Å². The van der Waals surface area contributed by atoms with Gasteiger partial charge in [-0.25, -0.2) is 4.79 Å². The van der Waals surface area contributed by atoms with E-state index in [1.54, 1.807) is 18.2 Å². The van der Waals surface area contributed by atoms with Crippen LogP contribution in [0.25, 0.3) is 0 Å². The number of rotatable bonds is 3. The number of halogens is 3. The quantitative estimate of drug-likeness (QED) is 0.942. The summed E-state index contributed by atoms with van der Waals surface area (Å²) in [4.78, 5) is 11.0. The first-order chi connectivity index (χ1) is 9.27. The molecule has 1 aromatic heterocycles. The molecule has 1 N–H and O–H groups in total. The fourth-order valence-corrected chi connectivity index (χ4v) is 1.83. The van der Waals surface area contributed by atoms with Gasteiger partial charge in [0.05, 0.1) is 6.54 Å². The van der Waals surface area contributed by atoms with Crippen molar-refractivity contribution in [2.45, 2.75) is 19.6 Å². The molecule has 0 saturated carbocycles. The molecule has 0 atom stereocenters. The van der Waals surface area contributed by atoms with Crippen molar-refractivity contribution in [2.24, 2.45) is 0 Å². The number of aryl methyl sites for hydroxylation is 1. The number of aromatic carboxylic acids is 1. The van der Waals surface area contributed by atoms with Crippen molar-refractivity contribution in [1.82, 2.24) is 9.78 Å². The van der Waals surface area contributed by atoms with E-state index in [4.69, 9.17) is 5.11 Å². The topological polar surface area (TPSA) is 55.1 Å². The van der Waals surface area contributed by atoms with E-state index >= 15 is 0 Å². The molecule has 7 heteroatoms. The van der Waals surface area contributed by atoms with Gasteiger partial charge in [0.25, 0.3) is 0 Å². The number of nitrogens with zero attached hydrogens (tertiary/aromatic N) is 2. The van der Waals surface area contributed by atoms with Gasteiger partial charge in [0.1, 0.15) is 5.69 Å². The van der Waals surface area contributed by atoms with Crippen LogP contribution in [0.2, 0.25) is 0 Å². The molecule has 0 bridgehead atoms. The molecule has 0 saturated heterocycles. The average molecular weight is 284 g/mol. The molecule has 0 spiro atoms. The number of hydrogen-bond acceptors (Lipinski definition) is 2. The van der Waals surface area contributed by atoms with Crippen LogP contribution in [-0.4, -0.2) is 20.9 Å². The molecule has 0 unspecified atom stereocenters. The van der Waals surface area contributed by atoms with Crippen LogP contribution in [0, 0.1) is 6.92 Å². The summed E-state index contributed by atoms with van der Waals surface area (Å²) in [6.07, 6.45) is -4.66. The third-order valence-electron chi connectivity index (χ3n) is 2.70. The Hall–Kier alpha value is -2.31. The largest absolute Gasteiger partial charge is 0.477 e. The average Bonchev–Trinajstić information content (AvgIpc) is 2.72. The van der Waals surface area contributed by atoms with Gasteiger partial charge >= 0.3 is 12.1 Å². The highest BCUT2D eigenvalue weighted by Crippen LogP contribution is 2.28. The Morgan fingerprint density at radius 1 is 1.35 bits per heavy atom. The van der Waals surface area contributed by atoms with E-state index < -0.39 is 23.5 Å². The van der Waals surface area contributed by atoms with Gasteiger partial charge in [0.15, 0.2) is 5.69 Å². The first kappa shape index (κ1) is 14.1. The molecule has 4 nitrogen and oxygen atoms in total. The number of carboxylic acids is 1. The molecule has 0 aliphatic carbocycles. The molecule has 0 fully saturated rings. The minimum absolute atomic E-state index is 0.0284. The van der Waals surface area contributed by atoms with Gasteiger partial charge in [-0.05, 0) is 12.5 Å². The number of hydrogen-bond donors (Lipinski definition) is 1. The van der Waals surface area contributed by atoms with E-state index in [1.807, 2.05) is 13.0 Å². The van der Waals surface area contributed by atoms with Crippen molar-refractivity contribution >= 4 is 5.97 Å². The molecule has 1 aromatic carbocycles. The van der Waals surface area contributed by atoms with E-state index in [1.165, 1.54) is 0 Å². The van der Waals surface area contributed by atoms with Crippen molar-refractivity contribution in [3.8, 4) is 0 Å². The van der Waals surface area contributed by atoms with Gasteiger partial charge in [-0.1, -0.05) is 29.8 Å². The van der Waals surface area contributed by atoms with Crippen LogP contribution < -0.4 is 0 Å². The van der Waals surface area contributed by atoms with Crippen molar-refractivity contribution in [2.75, 3.05) is 0 Å². The van der Waals surface area contributed by atoms with Crippen molar-refractivity contribution in [3.05, 3.63) is 52.8 Å². The Labute approximate surface area is 112 Å². The zero-order chi connectivity index (χ0) is 14.9. The zero-order valence-electron chi connectivity index (χ0n) is 10.5. The maximum atomic E-state index is 12.6. The number of carbonyl (C=O) groups is 1. The number of aromatic nitrogens is 2. The Morgan fingerprint density at radius 3 is 2.60 bits per heavy atom. The maximum absolute atomic E-state index is 12.6. The van der Waals surface area contributed by atoms with Gasteiger partial charge < -0.3 is 5.11 Å². The van der Waals surface area contributed by atoms with Gasteiger partial charge in [0.2, 0.25) is 0 Å². The molecule has 2 aromatic rings. The molecular formula is C13H11F3N2O2. The summed E-state index contributed by atoms with van der Waals surface area (Å²) in [5, 5.41) is 12.3. The smallest absolute Gasteiger partial charge is 0.435 e.